The first kappa shape index (κ1) is 14.4. The SMILES string of the molecule is CC(CCl)C(=O)N1CCN(Cc2ccccc2)CC1. The lowest BCUT2D eigenvalue weighted by Gasteiger charge is -2.35. The van der Waals surface area contributed by atoms with Crippen LogP contribution < -0.4 is 0 Å². The largest absolute Gasteiger partial charge is 0.340 e. The Bertz CT molecular complexity index is 402. The van der Waals surface area contributed by atoms with Crippen LogP contribution in [0.4, 0.5) is 0 Å². The number of alkyl halides is 1. The first-order valence-electron chi connectivity index (χ1n) is 6.81. The Morgan fingerprint density at radius 1 is 1.21 bits per heavy atom. The zero-order valence-electron chi connectivity index (χ0n) is 11.4. The zero-order valence-corrected chi connectivity index (χ0v) is 12.1. The van der Waals surface area contributed by atoms with Crippen molar-refractivity contribution in [3.8, 4) is 0 Å². The first-order valence-corrected chi connectivity index (χ1v) is 7.35. The third kappa shape index (κ3) is 3.95. The minimum Gasteiger partial charge on any atom is -0.340 e. The van der Waals surface area contributed by atoms with E-state index in [0.29, 0.717) is 5.88 Å². The summed E-state index contributed by atoms with van der Waals surface area (Å²) < 4.78 is 0. The number of amides is 1. The number of hydrogen-bond donors (Lipinski definition) is 0. The highest BCUT2D eigenvalue weighted by molar-refractivity contribution is 6.19. The number of rotatable bonds is 4. The van der Waals surface area contributed by atoms with Gasteiger partial charge in [-0.1, -0.05) is 37.3 Å². The van der Waals surface area contributed by atoms with Crippen LogP contribution in [-0.2, 0) is 11.3 Å². The van der Waals surface area contributed by atoms with Crippen molar-refractivity contribution in [2.45, 2.75) is 13.5 Å². The van der Waals surface area contributed by atoms with E-state index in [1.807, 2.05) is 17.9 Å². The van der Waals surface area contributed by atoms with Crippen LogP contribution in [0, 0.1) is 5.92 Å². The summed E-state index contributed by atoms with van der Waals surface area (Å²) in [5, 5.41) is 0. The molecule has 0 aliphatic carbocycles. The molecule has 1 aromatic rings. The molecule has 0 aromatic heterocycles. The Morgan fingerprint density at radius 3 is 2.42 bits per heavy atom. The van der Waals surface area contributed by atoms with Crippen molar-refractivity contribution in [2.75, 3.05) is 32.1 Å². The molecule has 2 rings (SSSR count). The third-order valence-electron chi connectivity index (χ3n) is 3.59. The molecule has 1 aliphatic rings. The highest BCUT2D eigenvalue weighted by Crippen LogP contribution is 2.11. The quantitative estimate of drug-likeness (QED) is 0.790. The smallest absolute Gasteiger partial charge is 0.226 e. The van der Waals surface area contributed by atoms with Gasteiger partial charge in [-0.3, -0.25) is 9.69 Å². The summed E-state index contributed by atoms with van der Waals surface area (Å²) in [5.41, 5.74) is 1.33. The first-order chi connectivity index (χ1) is 9.20. The van der Waals surface area contributed by atoms with Crippen molar-refractivity contribution >= 4 is 17.5 Å². The Morgan fingerprint density at radius 2 is 1.84 bits per heavy atom. The van der Waals surface area contributed by atoms with E-state index < -0.39 is 0 Å². The van der Waals surface area contributed by atoms with Crippen molar-refractivity contribution in [1.29, 1.82) is 0 Å². The van der Waals surface area contributed by atoms with E-state index in [9.17, 15) is 4.79 Å². The van der Waals surface area contributed by atoms with Gasteiger partial charge in [0.25, 0.3) is 0 Å². The highest BCUT2D eigenvalue weighted by Gasteiger charge is 2.24. The minimum absolute atomic E-state index is 0.0673. The molecule has 19 heavy (non-hydrogen) atoms. The fourth-order valence-electron chi connectivity index (χ4n) is 2.35. The van der Waals surface area contributed by atoms with E-state index in [1.54, 1.807) is 0 Å². The second-order valence-corrected chi connectivity index (χ2v) is 5.45. The van der Waals surface area contributed by atoms with E-state index in [0.717, 1.165) is 32.7 Å². The zero-order chi connectivity index (χ0) is 13.7. The van der Waals surface area contributed by atoms with Gasteiger partial charge in [0.2, 0.25) is 5.91 Å². The van der Waals surface area contributed by atoms with Crippen LogP contribution in [-0.4, -0.2) is 47.8 Å². The van der Waals surface area contributed by atoms with Crippen molar-refractivity contribution in [3.63, 3.8) is 0 Å². The lowest BCUT2D eigenvalue weighted by atomic mass is 10.1. The Balaban J connectivity index is 1.81. The predicted molar refractivity (Wildman–Crippen MR) is 78.2 cm³/mol. The molecular weight excluding hydrogens is 260 g/mol. The Hall–Kier alpha value is -1.06. The molecule has 4 heteroatoms. The summed E-state index contributed by atoms with van der Waals surface area (Å²) in [4.78, 5) is 16.3. The van der Waals surface area contributed by atoms with E-state index in [4.69, 9.17) is 11.6 Å². The average Bonchev–Trinajstić information content (AvgIpc) is 2.47. The Kier molecular flexibility index (Phi) is 5.23. The number of hydrogen-bond acceptors (Lipinski definition) is 2. The molecule has 1 amide bonds. The summed E-state index contributed by atoms with van der Waals surface area (Å²) in [5.74, 6) is 0.528. The molecule has 1 saturated heterocycles. The van der Waals surface area contributed by atoms with Gasteiger partial charge < -0.3 is 4.90 Å². The molecule has 0 N–H and O–H groups in total. The van der Waals surface area contributed by atoms with E-state index in [-0.39, 0.29) is 11.8 Å². The van der Waals surface area contributed by atoms with Gasteiger partial charge in [0.05, 0.1) is 0 Å². The number of benzene rings is 1. The van der Waals surface area contributed by atoms with Gasteiger partial charge in [-0.2, -0.15) is 0 Å². The van der Waals surface area contributed by atoms with Gasteiger partial charge in [-0.15, -0.1) is 11.6 Å². The molecule has 1 fully saturated rings. The summed E-state index contributed by atoms with van der Waals surface area (Å²) in [6.45, 7) is 6.37. The fraction of sp³-hybridized carbons (Fsp3) is 0.533. The van der Waals surface area contributed by atoms with Gasteiger partial charge in [0.15, 0.2) is 0 Å². The van der Waals surface area contributed by atoms with Crippen LogP contribution in [0.15, 0.2) is 30.3 Å². The van der Waals surface area contributed by atoms with Crippen molar-refractivity contribution < 1.29 is 4.79 Å². The average molecular weight is 281 g/mol. The summed E-state index contributed by atoms with van der Waals surface area (Å²) in [6, 6.07) is 10.5. The lowest BCUT2D eigenvalue weighted by Crippen LogP contribution is -2.49. The molecule has 104 valence electrons. The summed E-state index contributed by atoms with van der Waals surface area (Å²) in [7, 11) is 0. The molecule has 0 bridgehead atoms. The number of piperazine rings is 1. The maximum absolute atomic E-state index is 12.0. The molecule has 3 nitrogen and oxygen atoms in total. The van der Waals surface area contributed by atoms with Gasteiger partial charge in [-0.05, 0) is 5.56 Å². The van der Waals surface area contributed by atoms with E-state index in [1.165, 1.54) is 5.56 Å². The Labute approximate surface area is 120 Å². The maximum Gasteiger partial charge on any atom is 0.226 e. The molecule has 1 aliphatic heterocycles. The van der Waals surface area contributed by atoms with E-state index in [2.05, 4.69) is 29.2 Å². The predicted octanol–water partition coefficient (Wildman–Crippen LogP) is 2.21. The van der Waals surface area contributed by atoms with Crippen LogP contribution in [0.3, 0.4) is 0 Å². The number of nitrogens with zero attached hydrogens (tertiary/aromatic N) is 2. The second-order valence-electron chi connectivity index (χ2n) is 5.14. The van der Waals surface area contributed by atoms with Gasteiger partial charge in [-0.25, -0.2) is 0 Å². The molecule has 1 atom stereocenters. The maximum atomic E-state index is 12.0. The monoisotopic (exact) mass is 280 g/mol. The minimum atomic E-state index is -0.0673. The molecule has 0 radical (unpaired) electrons. The van der Waals surface area contributed by atoms with Crippen LogP contribution in [0.2, 0.25) is 0 Å². The molecular formula is C15H21ClN2O. The molecule has 1 heterocycles. The van der Waals surface area contributed by atoms with Crippen LogP contribution in [0.1, 0.15) is 12.5 Å². The van der Waals surface area contributed by atoms with E-state index >= 15 is 0 Å². The number of carbonyl (C=O) groups excluding carboxylic acids is 1. The van der Waals surface area contributed by atoms with Crippen molar-refractivity contribution in [3.05, 3.63) is 35.9 Å². The molecule has 0 saturated carbocycles. The van der Waals surface area contributed by atoms with Gasteiger partial charge >= 0.3 is 0 Å². The van der Waals surface area contributed by atoms with Crippen LogP contribution >= 0.6 is 11.6 Å². The molecule has 0 spiro atoms. The lowest BCUT2D eigenvalue weighted by molar-refractivity contribution is -0.136. The topological polar surface area (TPSA) is 23.6 Å². The number of halogens is 1. The van der Waals surface area contributed by atoms with Crippen molar-refractivity contribution in [2.24, 2.45) is 5.92 Å². The summed E-state index contributed by atoms with van der Waals surface area (Å²) in [6.07, 6.45) is 0. The summed E-state index contributed by atoms with van der Waals surface area (Å²) >= 11 is 5.74. The molecule has 1 unspecified atom stereocenters. The van der Waals surface area contributed by atoms with Gasteiger partial charge in [0, 0.05) is 44.5 Å². The fourth-order valence-corrected chi connectivity index (χ4v) is 2.48. The normalized spacial score (nSPS) is 18.3. The third-order valence-corrected chi connectivity index (χ3v) is 4.05. The van der Waals surface area contributed by atoms with Gasteiger partial charge in [0.1, 0.15) is 0 Å². The number of carbonyl (C=O) groups is 1. The standard InChI is InChI=1S/C15H21ClN2O/c1-13(11-16)15(19)18-9-7-17(8-10-18)12-14-5-3-2-4-6-14/h2-6,13H,7-12H2,1H3. The highest BCUT2D eigenvalue weighted by atomic mass is 35.5. The molecule has 1 aromatic carbocycles. The van der Waals surface area contributed by atoms with Crippen molar-refractivity contribution in [1.82, 2.24) is 9.80 Å². The van der Waals surface area contributed by atoms with Crippen LogP contribution in [0.25, 0.3) is 0 Å². The second kappa shape index (κ2) is 6.92. The van der Waals surface area contributed by atoms with Crippen LogP contribution in [0.5, 0.6) is 0 Å².